The number of para-hydroxylation sites is 1. The summed E-state index contributed by atoms with van der Waals surface area (Å²) in [7, 11) is 0. The number of aryl methyl sites for hydroxylation is 2. The molecule has 2 aliphatic heterocycles. The Kier molecular flexibility index (Phi) is 9.83. The smallest absolute Gasteiger partial charge is 0.303 e. The van der Waals surface area contributed by atoms with Crippen LogP contribution in [0.15, 0.2) is 48.5 Å². The lowest BCUT2D eigenvalue weighted by Gasteiger charge is -2.42. The van der Waals surface area contributed by atoms with Crippen molar-refractivity contribution < 1.29 is 19.4 Å². The second kappa shape index (κ2) is 14.4. The third kappa shape index (κ3) is 6.61. The van der Waals surface area contributed by atoms with Gasteiger partial charge in [0.2, 0.25) is 5.91 Å². The van der Waals surface area contributed by atoms with Crippen LogP contribution in [0.4, 0.5) is 0 Å². The first-order valence-electron chi connectivity index (χ1n) is 18.2. The van der Waals surface area contributed by atoms with Crippen molar-refractivity contribution in [2.75, 3.05) is 39.4 Å². The van der Waals surface area contributed by atoms with Gasteiger partial charge in [-0.05, 0) is 80.2 Å². The number of carbonyl (C=O) groups is 2. The number of hydrogen-bond donors (Lipinski definition) is 1. The molecule has 3 fully saturated rings. The molecule has 3 aliphatic rings. The van der Waals surface area contributed by atoms with Crippen LogP contribution in [0.2, 0.25) is 0 Å². The Morgan fingerprint density at radius 3 is 2.33 bits per heavy atom. The van der Waals surface area contributed by atoms with E-state index >= 15 is 0 Å². The Bertz CT molecular complexity index is 1760. The third-order valence-electron chi connectivity index (χ3n) is 11.5. The maximum Gasteiger partial charge on any atom is 0.303 e. The molecule has 0 radical (unpaired) electrons. The Labute approximate surface area is 284 Å². The molecule has 0 bridgehead atoms. The summed E-state index contributed by atoms with van der Waals surface area (Å²) in [4.78, 5) is 35.5. The summed E-state index contributed by atoms with van der Waals surface area (Å²) in [6.07, 6.45) is 9.06. The molecule has 7 rings (SSSR count). The van der Waals surface area contributed by atoms with Crippen LogP contribution >= 0.6 is 0 Å². The number of aliphatic carboxylic acids is 1. The average Bonchev–Trinajstić information content (AvgIpc) is 3.42. The second-order valence-corrected chi connectivity index (χ2v) is 14.3. The van der Waals surface area contributed by atoms with Crippen LogP contribution in [-0.4, -0.2) is 81.8 Å². The molecule has 4 heterocycles. The lowest BCUT2D eigenvalue weighted by Crippen LogP contribution is -2.53. The number of hydrogen-bond acceptors (Lipinski definition) is 5. The van der Waals surface area contributed by atoms with Gasteiger partial charge >= 0.3 is 5.97 Å². The Morgan fingerprint density at radius 1 is 0.917 bits per heavy atom. The number of carboxylic acids is 1. The van der Waals surface area contributed by atoms with E-state index in [4.69, 9.17) is 9.72 Å². The van der Waals surface area contributed by atoms with Crippen molar-refractivity contribution in [3.05, 3.63) is 76.5 Å². The second-order valence-electron chi connectivity index (χ2n) is 14.3. The van der Waals surface area contributed by atoms with Crippen molar-refractivity contribution in [1.82, 2.24) is 19.4 Å². The minimum atomic E-state index is -0.794. The topological polar surface area (TPSA) is 87.9 Å². The molecule has 8 nitrogen and oxygen atoms in total. The summed E-state index contributed by atoms with van der Waals surface area (Å²) in [5.74, 6) is -0.364. The van der Waals surface area contributed by atoms with Gasteiger partial charge in [0.15, 0.2) is 0 Å². The summed E-state index contributed by atoms with van der Waals surface area (Å²) in [5.41, 5.74) is 7.34. The number of piperazine rings is 1. The van der Waals surface area contributed by atoms with Gasteiger partial charge in [0.25, 0.3) is 0 Å². The highest BCUT2D eigenvalue weighted by molar-refractivity contribution is 6.08. The third-order valence-corrected chi connectivity index (χ3v) is 11.5. The molecule has 2 saturated heterocycles. The summed E-state index contributed by atoms with van der Waals surface area (Å²) < 4.78 is 8.01. The highest BCUT2D eigenvalue weighted by Gasteiger charge is 2.36. The predicted octanol–water partition coefficient (Wildman–Crippen LogP) is 6.86. The number of rotatable bonds is 9. The largest absolute Gasteiger partial charge is 0.481 e. The number of ether oxygens (including phenoxy) is 1. The molecule has 254 valence electrons. The zero-order chi connectivity index (χ0) is 33.2. The van der Waals surface area contributed by atoms with Crippen molar-refractivity contribution >= 4 is 33.8 Å². The van der Waals surface area contributed by atoms with Crippen LogP contribution in [0.3, 0.4) is 0 Å². The monoisotopic (exact) mass is 650 g/mol. The molecule has 0 spiro atoms. The molecule has 1 atom stereocenters. The van der Waals surface area contributed by atoms with Gasteiger partial charge in [-0.3, -0.25) is 14.5 Å². The van der Waals surface area contributed by atoms with Crippen molar-refractivity contribution in [3.63, 3.8) is 0 Å². The summed E-state index contributed by atoms with van der Waals surface area (Å²) >= 11 is 0. The van der Waals surface area contributed by atoms with Gasteiger partial charge in [0, 0.05) is 74.9 Å². The first-order chi connectivity index (χ1) is 23.4. The number of pyridine rings is 1. The normalized spacial score (nSPS) is 19.2. The van der Waals surface area contributed by atoms with E-state index in [1.807, 2.05) is 6.92 Å². The fourth-order valence-corrected chi connectivity index (χ4v) is 8.81. The Hall–Kier alpha value is -3.75. The van der Waals surface area contributed by atoms with Crippen molar-refractivity contribution in [3.8, 4) is 0 Å². The lowest BCUT2D eigenvalue weighted by molar-refractivity contribution is -0.138. The molecule has 4 aromatic rings. The number of nitrogens with zero attached hydrogens (tertiary/aromatic N) is 4. The van der Waals surface area contributed by atoms with E-state index in [1.165, 1.54) is 32.1 Å². The number of aromatic nitrogens is 2. The van der Waals surface area contributed by atoms with E-state index in [1.54, 1.807) is 0 Å². The first-order valence-corrected chi connectivity index (χ1v) is 18.2. The molecule has 48 heavy (non-hydrogen) atoms. The van der Waals surface area contributed by atoms with Gasteiger partial charge in [-0.25, -0.2) is 4.98 Å². The molecular formula is C40H50N4O4. The Morgan fingerprint density at radius 2 is 1.62 bits per heavy atom. The highest BCUT2D eigenvalue weighted by atomic mass is 16.5. The number of benzene rings is 2. The van der Waals surface area contributed by atoms with E-state index in [0.29, 0.717) is 19.0 Å². The van der Waals surface area contributed by atoms with E-state index in [0.717, 1.165) is 102 Å². The summed E-state index contributed by atoms with van der Waals surface area (Å²) in [5, 5.41) is 11.6. The quantitative estimate of drug-likeness (QED) is 0.213. The van der Waals surface area contributed by atoms with E-state index in [-0.39, 0.29) is 24.2 Å². The fourth-order valence-electron chi connectivity index (χ4n) is 8.81. The molecule has 1 aliphatic carbocycles. The zero-order valence-electron chi connectivity index (χ0n) is 28.6. The fraction of sp³-hybridized carbons (Fsp3) is 0.525. The molecule has 1 amide bonds. The predicted molar refractivity (Wildman–Crippen MR) is 190 cm³/mol. The molecule has 1 saturated carbocycles. The standard InChI is InChI=1S/C40H50N4O4/c1-27-33(16-17-36(45)46)28(2)41-39-37(27)34-10-6-7-11-35(34)44(39)26-29-12-14-30(15-13-29)38(31-18-24-48-25-19-31)40(47)43-22-20-42(21-23-43)32-8-4-3-5-9-32/h6-7,10-15,31-32,38H,3-5,8-9,16-26H2,1-2H3,(H,45,46). The number of fused-ring (bicyclic) bond motifs is 3. The van der Waals surface area contributed by atoms with Crippen LogP contribution in [0.5, 0.6) is 0 Å². The van der Waals surface area contributed by atoms with E-state index in [9.17, 15) is 14.7 Å². The lowest BCUT2D eigenvalue weighted by atomic mass is 9.80. The molecule has 1 unspecified atom stereocenters. The average molecular weight is 651 g/mol. The molecular weight excluding hydrogens is 600 g/mol. The molecule has 8 heteroatoms. The van der Waals surface area contributed by atoms with Gasteiger partial charge in [-0.1, -0.05) is 61.7 Å². The number of carboxylic acid groups (broad SMARTS) is 1. The van der Waals surface area contributed by atoms with Crippen molar-refractivity contribution in [1.29, 1.82) is 0 Å². The van der Waals surface area contributed by atoms with Gasteiger partial charge < -0.3 is 19.3 Å². The van der Waals surface area contributed by atoms with Gasteiger partial charge in [-0.15, -0.1) is 0 Å². The van der Waals surface area contributed by atoms with Gasteiger partial charge in [0.1, 0.15) is 5.65 Å². The number of carbonyl (C=O) groups excluding carboxylic acids is 1. The van der Waals surface area contributed by atoms with E-state index < -0.39 is 5.97 Å². The summed E-state index contributed by atoms with van der Waals surface area (Å²) in [6, 6.07) is 17.9. The van der Waals surface area contributed by atoms with Crippen LogP contribution < -0.4 is 0 Å². The van der Waals surface area contributed by atoms with Crippen LogP contribution in [-0.2, 0) is 27.3 Å². The minimum absolute atomic E-state index is 0.0912. The van der Waals surface area contributed by atoms with Crippen LogP contribution in [0.1, 0.15) is 85.2 Å². The molecule has 2 aromatic heterocycles. The SMILES string of the molecule is Cc1nc2c(c(C)c1CCC(=O)O)c1ccccc1n2Cc1ccc(C(C(=O)N2CCN(C3CCCCC3)CC2)C2CCOCC2)cc1. The molecule has 1 N–H and O–H groups in total. The molecule has 2 aromatic carbocycles. The Balaban J connectivity index is 1.14. The first kappa shape index (κ1) is 32.8. The van der Waals surface area contributed by atoms with Gasteiger partial charge in [-0.2, -0.15) is 0 Å². The van der Waals surface area contributed by atoms with Gasteiger partial charge in [0.05, 0.1) is 11.4 Å². The maximum absolute atomic E-state index is 14.3. The number of amides is 1. The van der Waals surface area contributed by atoms with Crippen LogP contribution in [0.25, 0.3) is 21.9 Å². The summed E-state index contributed by atoms with van der Waals surface area (Å²) in [6.45, 7) is 9.82. The van der Waals surface area contributed by atoms with E-state index in [2.05, 4.69) is 69.8 Å². The van der Waals surface area contributed by atoms with Crippen LogP contribution in [0, 0.1) is 19.8 Å². The zero-order valence-corrected chi connectivity index (χ0v) is 28.6. The maximum atomic E-state index is 14.3. The minimum Gasteiger partial charge on any atom is -0.481 e. The van der Waals surface area contributed by atoms with Crippen molar-refractivity contribution in [2.45, 2.75) is 90.1 Å². The highest BCUT2D eigenvalue weighted by Crippen LogP contribution is 2.36. The van der Waals surface area contributed by atoms with Crippen molar-refractivity contribution in [2.24, 2.45) is 5.92 Å².